The van der Waals surface area contributed by atoms with E-state index in [9.17, 15) is 9.59 Å². The molecule has 2 aromatic heterocycles. The molecule has 2 amide bonds. The second-order valence-electron chi connectivity index (χ2n) is 6.52. The average molecular weight is 374 g/mol. The molecule has 0 saturated carbocycles. The second-order valence-corrected chi connectivity index (χ2v) is 6.52. The van der Waals surface area contributed by atoms with Crippen LogP contribution < -0.4 is 10.9 Å². The highest BCUT2D eigenvalue weighted by molar-refractivity contribution is 6.07. The summed E-state index contributed by atoms with van der Waals surface area (Å²) >= 11 is 0. The van der Waals surface area contributed by atoms with Gasteiger partial charge in [0, 0.05) is 35.8 Å². The Morgan fingerprint density at radius 3 is 2.50 bits per heavy atom. The van der Waals surface area contributed by atoms with Gasteiger partial charge in [0.25, 0.3) is 5.91 Å². The molecule has 0 saturated heterocycles. The van der Waals surface area contributed by atoms with Crippen molar-refractivity contribution in [1.82, 2.24) is 20.6 Å². The van der Waals surface area contributed by atoms with Gasteiger partial charge >= 0.3 is 5.91 Å². The van der Waals surface area contributed by atoms with Crippen LogP contribution in [0.2, 0.25) is 0 Å². The van der Waals surface area contributed by atoms with Gasteiger partial charge in [-0.1, -0.05) is 53.2 Å². The largest absolute Gasteiger partial charge is 0.350 e. The Kier molecular flexibility index (Phi) is 4.41. The minimum atomic E-state index is -0.584. The number of benzene rings is 2. The number of amides is 2. The van der Waals surface area contributed by atoms with Crippen LogP contribution in [0, 0.1) is 6.92 Å². The van der Waals surface area contributed by atoms with E-state index in [1.54, 1.807) is 6.20 Å². The lowest BCUT2D eigenvalue weighted by molar-refractivity contribution is 0.0826. The lowest BCUT2D eigenvalue weighted by Crippen LogP contribution is -2.41. The first kappa shape index (κ1) is 17.5. The third-order valence-corrected chi connectivity index (χ3v) is 4.51. The Bertz CT molecular complexity index is 1170. The van der Waals surface area contributed by atoms with Crippen molar-refractivity contribution < 1.29 is 14.1 Å². The van der Waals surface area contributed by atoms with Crippen LogP contribution in [0.1, 0.15) is 26.5 Å². The van der Waals surface area contributed by atoms with Crippen molar-refractivity contribution in [2.45, 2.75) is 6.92 Å². The highest BCUT2D eigenvalue weighted by atomic mass is 16.5. The molecule has 0 unspecified atom stereocenters. The highest BCUT2D eigenvalue weighted by Gasteiger charge is 2.17. The fraction of sp³-hybridized carbons (Fsp3) is 0.0952. The van der Waals surface area contributed by atoms with Gasteiger partial charge in [-0.2, -0.15) is 0 Å². The maximum Gasteiger partial charge on any atom is 0.308 e. The number of carbonyl (C=O) groups is 2. The van der Waals surface area contributed by atoms with Crippen LogP contribution in [0.15, 0.2) is 65.3 Å². The minimum absolute atomic E-state index is 0.00814. The first-order valence-electron chi connectivity index (χ1n) is 8.71. The standard InChI is InChI=1S/C21H18N4O3/c1-13-7-9-14(10-8-13)17-11-19(28-24-17)21(27)23-22-20(26)16-12-25(2)18-6-4-3-5-15(16)18/h3-12H,1-2H3,(H,22,26)(H,23,27). The van der Waals surface area contributed by atoms with Gasteiger partial charge < -0.3 is 9.09 Å². The number of rotatable bonds is 3. The molecule has 0 radical (unpaired) electrons. The lowest BCUT2D eigenvalue weighted by Gasteiger charge is -2.04. The molecule has 4 rings (SSSR count). The van der Waals surface area contributed by atoms with Gasteiger partial charge in [0.2, 0.25) is 5.76 Å². The SMILES string of the molecule is Cc1ccc(-c2cc(C(=O)NNC(=O)c3cn(C)c4ccccc34)on2)cc1. The van der Waals surface area contributed by atoms with Crippen molar-refractivity contribution in [1.29, 1.82) is 0 Å². The molecular formula is C21H18N4O3. The van der Waals surface area contributed by atoms with Crippen LogP contribution in [0.5, 0.6) is 0 Å². The second kappa shape index (κ2) is 7.03. The van der Waals surface area contributed by atoms with Crippen molar-refractivity contribution in [3.63, 3.8) is 0 Å². The van der Waals surface area contributed by atoms with E-state index in [4.69, 9.17) is 4.52 Å². The van der Waals surface area contributed by atoms with E-state index in [0.29, 0.717) is 11.3 Å². The number of aryl methyl sites for hydroxylation is 2. The fourth-order valence-corrected chi connectivity index (χ4v) is 3.01. The molecule has 0 atom stereocenters. The van der Waals surface area contributed by atoms with Crippen LogP contribution in [0.4, 0.5) is 0 Å². The summed E-state index contributed by atoms with van der Waals surface area (Å²) in [5, 5.41) is 4.72. The predicted molar refractivity (Wildman–Crippen MR) is 105 cm³/mol. The van der Waals surface area contributed by atoms with Crippen molar-refractivity contribution in [2.24, 2.45) is 7.05 Å². The van der Waals surface area contributed by atoms with Crippen molar-refractivity contribution >= 4 is 22.7 Å². The molecule has 7 nitrogen and oxygen atoms in total. The Labute approximate surface area is 160 Å². The third kappa shape index (κ3) is 3.25. The minimum Gasteiger partial charge on any atom is -0.350 e. The Morgan fingerprint density at radius 1 is 1.00 bits per heavy atom. The van der Waals surface area contributed by atoms with Gasteiger partial charge in [0.15, 0.2) is 0 Å². The number of aromatic nitrogens is 2. The highest BCUT2D eigenvalue weighted by Crippen LogP contribution is 2.21. The first-order chi connectivity index (χ1) is 13.5. The van der Waals surface area contributed by atoms with Gasteiger partial charge in [-0.3, -0.25) is 20.4 Å². The summed E-state index contributed by atoms with van der Waals surface area (Å²) in [6.07, 6.45) is 1.72. The molecule has 4 aromatic rings. The lowest BCUT2D eigenvalue weighted by atomic mass is 10.1. The Morgan fingerprint density at radius 2 is 1.71 bits per heavy atom. The number of para-hydroxylation sites is 1. The molecule has 0 aliphatic rings. The number of nitrogens with one attached hydrogen (secondary N) is 2. The third-order valence-electron chi connectivity index (χ3n) is 4.51. The van der Waals surface area contributed by atoms with E-state index in [-0.39, 0.29) is 5.76 Å². The number of hydrogen-bond acceptors (Lipinski definition) is 4. The van der Waals surface area contributed by atoms with E-state index in [1.807, 2.05) is 67.1 Å². The number of fused-ring (bicyclic) bond motifs is 1. The van der Waals surface area contributed by atoms with Gasteiger partial charge in [0.05, 0.1) is 5.56 Å². The molecule has 140 valence electrons. The number of nitrogens with zero attached hydrogens (tertiary/aromatic N) is 2. The van der Waals surface area contributed by atoms with E-state index in [0.717, 1.165) is 22.0 Å². The number of carbonyl (C=O) groups excluding carboxylic acids is 2. The molecule has 0 aliphatic heterocycles. The normalized spacial score (nSPS) is 10.8. The summed E-state index contributed by atoms with van der Waals surface area (Å²) in [5.74, 6) is -0.989. The molecule has 0 aliphatic carbocycles. The molecule has 2 N–H and O–H groups in total. The molecule has 2 heterocycles. The first-order valence-corrected chi connectivity index (χ1v) is 8.71. The van der Waals surface area contributed by atoms with E-state index in [2.05, 4.69) is 16.0 Å². The molecule has 28 heavy (non-hydrogen) atoms. The van der Waals surface area contributed by atoms with E-state index >= 15 is 0 Å². The smallest absolute Gasteiger partial charge is 0.308 e. The van der Waals surface area contributed by atoms with Crippen molar-refractivity contribution in [2.75, 3.05) is 0 Å². The van der Waals surface area contributed by atoms with Gasteiger partial charge in [-0.05, 0) is 13.0 Å². The van der Waals surface area contributed by atoms with Crippen molar-refractivity contribution in [3.05, 3.63) is 77.7 Å². The quantitative estimate of drug-likeness (QED) is 0.539. The zero-order valence-corrected chi connectivity index (χ0v) is 15.4. The summed E-state index contributed by atoms with van der Waals surface area (Å²) in [7, 11) is 1.86. The summed E-state index contributed by atoms with van der Waals surface area (Å²) < 4.78 is 6.96. The monoisotopic (exact) mass is 374 g/mol. The predicted octanol–water partition coefficient (Wildman–Crippen LogP) is 3.22. The van der Waals surface area contributed by atoms with Crippen LogP contribution in [-0.2, 0) is 7.05 Å². The molecule has 2 aromatic carbocycles. The van der Waals surface area contributed by atoms with Gasteiger partial charge in [0.1, 0.15) is 5.69 Å². The van der Waals surface area contributed by atoms with E-state index < -0.39 is 11.8 Å². The zero-order chi connectivity index (χ0) is 19.7. The molecule has 7 heteroatoms. The van der Waals surface area contributed by atoms with Crippen LogP contribution in [-0.4, -0.2) is 21.5 Å². The Hall–Kier alpha value is -3.87. The maximum absolute atomic E-state index is 12.5. The Balaban J connectivity index is 1.45. The van der Waals surface area contributed by atoms with Crippen LogP contribution in [0.3, 0.4) is 0 Å². The zero-order valence-electron chi connectivity index (χ0n) is 15.4. The molecule has 0 fully saturated rings. The number of hydrazine groups is 1. The van der Waals surface area contributed by atoms with Crippen LogP contribution in [0.25, 0.3) is 22.2 Å². The maximum atomic E-state index is 12.5. The fourth-order valence-electron chi connectivity index (χ4n) is 3.01. The van der Waals surface area contributed by atoms with Crippen LogP contribution >= 0.6 is 0 Å². The number of hydrogen-bond donors (Lipinski definition) is 2. The molecular weight excluding hydrogens is 356 g/mol. The van der Waals surface area contributed by atoms with Gasteiger partial charge in [-0.15, -0.1) is 0 Å². The van der Waals surface area contributed by atoms with Gasteiger partial charge in [-0.25, -0.2) is 0 Å². The average Bonchev–Trinajstić information content (AvgIpc) is 3.32. The van der Waals surface area contributed by atoms with Crippen molar-refractivity contribution in [3.8, 4) is 11.3 Å². The summed E-state index contributed by atoms with van der Waals surface area (Å²) in [6, 6.07) is 16.8. The summed E-state index contributed by atoms with van der Waals surface area (Å²) in [5.41, 5.74) is 8.69. The summed E-state index contributed by atoms with van der Waals surface area (Å²) in [6.45, 7) is 1.99. The molecule has 0 spiro atoms. The summed E-state index contributed by atoms with van der Waals surface area (Å²) in [4.78, 5) is 24.8. The topological polar surface area (TPSA) is 89.2 Å². The van der Waals surface area contributed by atoms with E-state index in [1.165, 1.54) is 6.07 Å². The molecule has 0 bridgehead atoms.